The summed E-state index contributed by atoms with van der Waals surface area (Å²) in [6, 6.07) is 8.64. The van der Waals surface area contributed by atoms with Crippen LogP contribution in [-0.2, 0) is 14.8 Å². The number of hydrogen-bond donors (Lipinski definition) is 2. The van der Waals surface area contributed by atoms with Gasteiger partial charge < -0.3 is 14.0 Å². The van der Waals surface area contributed by atoms with Crippen LogP contribution in [0.25, 0.3) is 33.3 Å². The maximum Gasteiger partial charge on any atom is 0.322 e. The lowest BCUT2D eigenvalue weighted by Crippen LogP contribution is -2.44. The molecule has 9 nitrogen and oxygen atoms in total. The molecule has 0 aliphatic heterocycles. The molecule has 31 heavy (non-hydrogen) atoms. The number of rotatable bonds is 7. The molecule has 162 valence electrons. The molecule has 4 rings (SSSR count). The van der Waals surface area contributed by atoms with E-state index in [1.54, 1.807) is 39.0 Å². The SMILES string of the molecule is CCC(C)C(NS(=O)(=O)c1ccc2c(c1)oc1ccc(-c3noc(C)n3)cc12)C(=O)O. The van der Waals surface area contributed by atoms with Gasteiger partial charge in [0.2, 0.25) is 21.7 Å². The van der Waals surface area contributed by atoms with E-state index in [-0.39, 0.29) is 10.8 Å². The minimum Gasteiger partial charge on any atom is -0.480 e. The molecule has 4 aromatic rings. The Labute approximate surface area is 178 Å². The number of sulfonamides is 1. The summed E-state index contributed by atoms with van der Waals surface area (Å²) in [5.41, 5.74) is 1.68. The van der Waals surface area contributed by atoms with Crippen LogP contribution in [0.4, 0.5) is 0 Å². The maximum absolute atomic E-state index is 12.8. The first kappa shape index (κ1) is 21.0. The number of aryl methyl sites for hydroxylation is 1. The maximum atomic E-state index is 12.8. The molecule has 0 spiro atoms. The van der Waals surface area contributed by atoms with Gasteiger partial charge >= 0.3 is 5.97 Å². The van der Waals surface area contributed by atoms with Crippen molar-refractivity contribution in [1.82, 2.24) is 14.9 Å². The van der Waals surface area contributed by atoms with Crippen molar-refractivity contribution in [2.75, 3.05) is 0 Å². The molecule has 0 aliphatic carbocycles. The summed E-state index contributed by atoms with van der Waals surface area (Å²) >= 11 is 0. The topological polar surface area (TPSA) is 136 Å². The van der Waals surface area contributed by atoms with Gasteiger partial charge in [-0.25, -0.2) is 8.42 Å². The van der Waals surface area contributed by atoms with E-state index in [0.29, 0.717) is 34.7 Å². The van der Waals surface area contributed by atoms with Crippen LogP contribution < -0.4 is 4.72 Å². The average molecular weight is 443 g/mol. The van der Waals surface area contributed by atoms with Crippen LogP contribution in [0.1, 0.15) is 26.2 Å². The molecular weight excluding hydrogens is 422 g/mol. The van der Waals surface area contributed by atoms with Crippen molar-refractivity contribution in [3.63, 3.8) is 0 Å². The number of benzene rings is 2. The Morgan fingerprint density at radius 1 is 1.16 bits per heavy atom. The number of fused-ring (bicyclic) bond motifs is 3. The lowest BCUT2D eigenvalue weighted by atomic mass is 10.0. The van der Waals surface area contributed by atoms with Gasteiger partial charge in [-0.2, -0.15) is 9.71 Å². The van der Waals surface area contributed by atoms with Crippen LogP contribution in [0, 0.1) is 12.8 Å². The van der Waals surface area contributed by atoms with Crippen molar-refractivity contribution in [1.29, 1.82) is 0 Å². The summed E-state index contributed by atoms with van der Waals surface area (Å²) in [7, 11) is -4.06. The number of carboxylic acids is 1. The van der Waals surface area contributed by atoms with Gasteiger partial charge in [0, 0.05) is 29.3 Å². The lowest BCUT2D eigenvalue weighted by Gasteiger charge is -2.20. The van der Waals surface area contributed by atoms with Crippen LogP contribution in [0.15, 0.2) is 50.2 Å². The van der Waals surface area contributed by atoms with Crippen molar-refractivity contribution in [2.45, 2.75) is 38.1 Å². The fourth-order valence-corrected chi connectivity index (χ4v) is 4.67. The monoisotopic (exact) mass is 443 g/mol. The van der Waals surface area contributed by atoms with Crippen molar-refractivity contribution >= 4 is 37.9 Å². The van der Waals surface area contributed by atoms with Gasteiger partial charge in [0.25, 0.3) is 0 Å². The fraction of sp³-hybridized carbons (Fsp3) is 0.286. The van der Waals surface area contributed by atoms with E-state index >= 15 is 0 Å². The third-order valence-corrected chi connectivity index (χ3v) is 6.74. The van der Waals surface area contributed by atoms with E-state index in [1.807, 2.05) is 6.07 Å². The Bertz CT molecular complexity index is 1390. The predicted octanol–water partition coefficient (Wildman–Crippen LogP) is 3.72. The Kier molecular flexibility index (Phi) is 5.28. The second kappa shape index (κ2) is 7.78. The third kappa shape index (κ3) is 3.91. The third-order valence-electron chi connectivity index (χ3n) is 5.30. The van der Waals surface area contributed by atoms with Gasteiger partial charge in [-0.15, -0.1) is 0 Å². The number of nitrogens with one attached hydrogen (secondary N) is 1. The van der Waals surface area contributed by atoms with Crippen molar-refractivity contribution in [3.05, 3.63) is 42.3 Å². The van der Waals surface area contributed by atoms with Gasteiger partial charge in [0.05, 0.1) is 4.90 Å². The lowest BCUT2D eigenvalue weighted by molar-refractivity contribution is -0.140. The normalized spacial score (nSPS) is 14.2. The van der Waals surface area contributed by atoms with Crippen molar-refractivity contribution < 1.29 is 27.3 Å². The molecule has 0 bridgehead atoms. The highest BCUT2D eigenvalue weighted by molar-refractivity contribution is 7.89. The van der Waals surface area contributed by atoms with E-state index in [2.05, 4.69) is 14.9 Å². The van der Waals surface area contributed by atoms with Gasteiger partial charge in [0.15, 0.2) is 0 Å². The van der Waals surface area contributed by atoms with E-state index < -0.39 is 22.0 Å². The zero-order valence-corrected chi connectivity index (χ0v) is 17.9. The Morgan fingerprint density at radius 3 is 2.58 bits per heavy atom. The molecule has 0 fully saturated rings. The first-order valence-corrected chi connectivity index (χ1v) is 11.2. The first-order valence-electron chi connectivity index (χ1n) is 9.71. The second-order valence-electron chi connectivity index (χ2n) is 7.43. The molecule has 2 unspecified atom stereocenters. The average Bonchev–Trinajstić information content (AvgIpc) is 3.33. The van der Waals surface area contributed by atoms with Gasteiger partial charge in [-0.05, 0) is 36.2 Å². The van der Waals surface area contributed by atoms with Crippen LogP contribution >= 0.6 is 0 Å². The standard InChI is InChI=1S/C21H21N3O6S/c1-4-11(2)19(21(25)26)24-31(27,28)14-6-7-15-16-9-13(20-22-12(3)30-23-20)5-8-17(16)29-18(15)10-14/h5-11,19,24H,4H2,1-3H3,(H,25,26). The number of furan rings is 1. The van der Waals surface area contributed by atoms with Crippen LogP contribution in [0.2, 0.25) is 0 Å². The van der Waals surface area contributed by atoms with Crippen LogP contribution in [-0.4, -0.2) is 35.7 Å². The molecule has 0 saturated carbocycles. The van der Waals surface area contributed by atoms with Crippen LogP contribution in [0.3, 0.4) is 0 Å². The molecule has 2 atom stereocenters. The summed E-state index contributed by atoms with van der Waals surface area (Å²) < 4.78 is 38.8. The van der Waals surface area contributed by atoms with E-state index in [0.717, 1.165) is 10.9 Å². The fourth-order valence-electron chi connectivity index (χ4n) is 3.36. The number of carbonyl (C=O) groups is 1. The molecule has 2 aromatic heterocycles. The Balaban J connectivity index is 1.74. The molecule has 2 N–H and O–H groups in total. The summed E-state index contributed by atoms with van der Waals surface area (Å²) in [6.45, 7) is 5.19. The Morgan fingerprint density at radius 2 is 1.94 bits per heavy atom. The minimum absolute atomic E-state index is 0.0670. The van der Waals surface area contributed by atoms with Crippen LogP contribution in [0.5, 0.6) is 0 Å². The second-order valence-corrected chi connectivity index (χ2v) is 9.14. The molecular formula is C21H21N3O6S. The highest BCUT2D eigenvalue weighted by atomic mass is 32.2. The van der Waals surface area contributed by atoms with E-state index in [9.17, 15) is 18.3 Å². The van der Waals surface area contributed by atoms with Gasteiger partial charge in [0.1, 0.15) is 17.2 Å². The van der Waals surface area contributed by atoms with Gasteiger partial charge in [-0.3, -0.25) is 4.79 Å². The zero-order chi connectivity index (χ0) is 22.3. The summed E-state index contributed by atoms with van der Waals surface area (Å²) in [6.07, 6.45) is 0.518. The number of aromatic nitrogens is 2. The zero-order valence-electron chi connectivity index (χ0n) is 17.1. The molecule has 0 amide bonds. The Hall–Kier alpha value is -3.24. The highest BCUT2D eigenvalue weighted by Gasteiger charge is 2.29. The number of carboxylic acid groups (broad SMARTS) is 1. The molecule has 0 radical (unpaired) electrons. The summed E-state index contributed by atoms with van der Waals surface area (Å²) in [4.78, 5) is 15.7. The largest absolute Gasteiger partial charge is 0.480 e. The molecule has 0 aliphatic rings. The molecule has 2 heterocycles. The van der Waals surface area contributed by atoms with E-state index in [1.165, 1.54) is 12.1 Å². The van der Waals surface area contributed by atoms with Gasteiger partial charge in [-0.1, -0.05) is 25.4 Å². The number of aliphatic carboxylic acids is 1. The smallest absolute Gasteiger partial charge is 0.322 e. The summed E-state index contributed by atoms with van der Waals surface area (Å²) in [5.74, 6) is -0.685. The summed E-state index contributed by atoms with van der Waals surface area (Å²) in [5, 5.41) is 14.8. The minimum atomic E-state index is -4.06. The quantitative estimate of drug-likeness (QED) is 0.441. The number of nitrogens with zero attached hydrogens (tertiary/aromatic N) is 2. The van der Waals surface area contributed by atoms with Crippen molar-refractivity contribution in [2.24, 2.45) is 5.92 Å². The number of hydrogen-bond acceptors (Lipinski definition) is 7. The predicted molar refractivity (Wildman–Crippen MR) is 113 cm³/mol. The molecule has 0 saturated heterocycles. The van der Waals surface area contributed by atoms with Crippen molar-refractivity contribution in [3.8, 4) is 11.4 Å². The first-order chi connectivity index (χ1) is 14.7. The highest BCUT2D eigenvalue weighted by Crippen LogP contribution is 2.33. The van der Waals surface area contributed by atoms with E-state index in [4.69, 9.17) is 8.94 Å². The molecule has 10 heteroatoms. The molecule has 2 aromatic carbocycles.